The number of aliphatic hydroxyl groups excluding tert-OH is 1. The fourth-order valence-corrected chi connectivity index (χ4v) is 2.79. The molecule has 0 aliphatic rings. The molecule has 130 valence electrons. The molecule has 0 bridgehead atoms. The van der Waals surface area contributed by atoms with E-state index in [-0.39, 0.29) is 6.61 Å². The fourth-order valence-electron chi connectivity index (χ4n) is 2.79. The maximum atomic E-state index is 9.48. The normalized spacial score (nSPS) is 11.7. The van der Waals surface area contributed by atoms with Crippen LogP contribution in [0.25, 0.3) is 29.2 Å². The van der Waals surface area contributed by atoms with Crippen molar-refractivity contribution >= 4 is 17.9 Å². The van der Waals surface area contributed by atoms with Gasteiger partial charge in [0.15, 0.2) is 5.82 Å². The second-order valence-corrected chi connectivity index (χ2v) is 6.02. The van der Waals surface area contributed by atoms with Gasteiger partial charge in [-0.1, -0.05) is 30.3 Å². The molecule has 0 saturated carbocycles. The predicted molar refractivity (Wildman–Crippen MR) is 99.0 cm³/mol. The minimum atomic E-state index is -0.119. The molecule has 3 aromatic heterocycles. The summed E-state index contributed by atoms with van der Waals surface area (Å²) in [5.41, 5.74) is 3.43. The Morgan fingerprint density at radius 1 is 1.08 bits per heavy atom. The lowest BCUT2D eigenvalue weighted by molar-refractivity contribution is 0.273. The number of fused-ring (bicyclic) bond motifs is 1. The Bertz CT molecular complexity index is 1090. The third-order valence-electron chi connectivity index (χ3n) is 4.06. The van der Waals surface area contributed by atoms with Crippen LogP contribution in [-0.4, -0.2) is 34.2 Å². The van der Waals surface area contributed by atoms with Gasteiger partial charge in [0.1, 0.15) is 5.82 Å². The maximum Gasteiger partial charge on any atom is 0.253 e. The van der Waals surface area contributed by atoms with E-state index in [4.69, 9.17) is 0 Å². The van der Waals surface area contributed by atoms with E-state index in [1.165, 1.54) is 0 Å². The lowest BCUT2D eigenvalue weighted by Crippen LogP contribution is -2.01. The minimum absolute atomic E-state index is 0.119. The van der Waals surface area contributed by atoms with Crippen LogP contribution in [0.3, 0.4) is 0 Å². The molecular weight excluding hydrogens is 328 g/mol. The van der Waals surface area contributed by atoms with Crippen molar-refractivity contribution in [2.24, 2.45) is 7.05 Å². The monoisotopic (exact) mass is 346 g/mol. The van der Waals surface area contributed by atoms with Crippen LogP contribution in [0.2, 0.25) is 0 Å². The Morgan fingerprint density at radius 2 is 1.88 bits per heavy atom. The molecule has 0 saturated heterocycles. The number of benzene rings is 1. The van der Waals surface area contributed by atoms with Crippen LogP contribution < -0.4 is 0 Å². The van der Waals surface area contributed by atoms with Crippen molar-refractivity contribution in [3.63, 3.8) is 0 Å². The average Bonchev–Trinajstić information content (AvgIpc) is 3.23. The number of aryl methyl sites for hydroxylation is 2. The number of hydrogen-bond donors (Lipinski definition) is 1. The van der Waals surface area contributed by atoms with Crippen LogP contribution >= 0.6 is 0 Å². The van der Waals surface area contributed by atoms with Crippen molar-refractivity contribution in [2.45, 2.75) is 13.5 Å². The highest BCUT2D eigenvalue weighted by Gasteiger charge is 2.09. The zero-order valence-electron chi connectivity index (χ0n) is 14.5. The van der Waals surface area contributed by atoms with E-state index < -0.39 is 0 Å². The molecule has 0 spiro atoms. The van der Waals surface area contributed by atoms with E-state index in [0.29, 0.717) is 17.3 Å². The van der Waals surface area contributed by atoms with Gasteiger partial charge in [-0.2, -0.15) is 9.50 Å². The maximum absolute atomic E-state index is 9.48. The number of nitrogens with zero attached hydrogens (tertiary/aromatic N) is 6. The van der Waals surface area contributed by atoms with Gasteiger partial charge in [-0.25, -0.2) is 9.97 Å². The summed E-state index contributed by atoms with van der Waals surface area (Å²) in [6, 6.07) is 11.8. The van der Waals surface area contributed by atoms with Crippen LogP contribution in [0.1, 0.15) is 23.0 Å². The van der Waals surface area contributed by atoms with Gasteiger partial charge in [0.2, 0.25) is 0 Å². The molecule has 0 atom stereocenters. The molecule has 0 amide bonds. The Hall–Kier alpha value is -3.32. The van der Waals surface area contributed by atoms with Crippen molar-refractivity contribution in [1.29, 1.82) is 0 Å². The van der Waals surface area contributed by atoms with Crippen LogP contribution in [0.5, 0.6) is 0 Å². The number of aromatic nitrogens is 6. The second kappa shape index (κ2) is 6.53. The van der Waals surface area contributed by atoms with Gasteiger partial charge >= 0.3 is 0 Å². The van der Waals surface area contributed by atoms with Crippen molar-refractivity contribution in [3.05, 3.63) is 65.6 Å². The molecule has 1 N–H and O–H groups in total. The van der Waals surface area contributed by atoms with Crippen LogP contribution in [0.15, 0.2) is 42.6 Å². The Kier molecular flexibility index (Phi) is 4.06. The van der Waals surface area contributed by atoms with Crippen LogP contribution in [-0.2, 0) is 13.7 Å². The van der Waals surface area contributed by atoms with Crippen molar-refractivity contribution in [1.82, 2.24) is 29.1 Å². The molecule has 0 aliphatic carbocycles. The summed E-state index contributed by atoms with van der Waals surface area (Å²) in [5, 5.41) is 13.9. The SMILES string of the molecule is Cc1cc(CO)n2nc(C=Cc3nc(-c4ccccc4)cn3C)nc2n1. The molecule has 3 heterocycles. The van der Waals surface area contributed by atoms with E-state index in [9.17, 15) is 5.11 Å². The molecule has 4 aromatic rings. The van der Waals surface area contributed by atoms with Gasteiger partial charge in [-0.3, -0.25) is 0 Å². The average molecular weight is 346 g/mol. The molecule has 4 rings (SSSR count). The third-order valence-corrected chi connectivity index (χ3v) is 4.06. The largest absolute Gasteiger partial charge is 0.390 e. The molecule has 26 heavy (non-hydrogen) atoms. The summed E-state index contributed by atoms with van der Waals surface area (Å²) in [7, 11) is 1.95. The van der Waals surface area contributed by atoms with Gasteiger partial charge in [-0.05, 0) is 25.1 Å². The number of aliphatic hydroxyl groups is 1. The van der Waals surface area contributed by atoms with Gasteiger partial charge < -0.3 is 9.67 Å². The first kappa shape index (κ1) is 16.2. The topological polar surface area (TPSA) is 81.1 Å². The first-order valence-corrected chi connectivity index (χ1v) is 8.25. The quantitative estimate of drug-likeness (QED) is 0.614. The molecule has 0 radical (unpaired) electrons. The second-order valence-electron chi connectivity index (χ2n) is 6.02. The highest BCUT2D eigenvalue weighted by Crippen LogP contribution is 2.18. The van der Waals surface area contributed by atoms with Gasteiger partial charge in [0.05, 0.1) is 18.0 Å². The lowest BCUT2D eigenvalue weighted by Gasteiger charge is -2.00. The first-order chi connectivity index (χ1) is 12.6. The summed E-state index contributed by atoms with van der Waals surface area (Å²) >= 11 is 0. The Balaban J connectivity index is 1.66. The zero-order valence-corrected chi connectivity index (χ0v) is 14.5. The van der Waals surface area contributed by atoms with Crippen molar-refractivity contribution in [3.8, 4) is 11.3 Å². The van der Waals surface area contributed by atoms with E-state index in [2.05, 4.69) is 20.1 Å². The summed E-state index contributed by atoms with van der Waals surface area (Å²) in [6.45, 7) is 1.74. The minimum Gasteiger partial charge on any atom is -0.390 e. The van der Waals surface area contributed by atoms with Crippen LogP contribution in [0, 0.1) is 6.92 Å². The molecule has 7 nitrogen and oxygen atoms in total. The summed E-state index contributed by atoms with van der Waals surface area (Å²) in [5.74, 6) is 1.79. The van der Waals surface area contributed by atoms with E-state index in [0.717, 1.165) is 22.8 Å². The van der Waals surface area contributed by atoms with Crippen molar-refractivity contribution < 1.29 is 5.11 Å². The summed E-state index contributed by atoms with van der Waals surface area (Å²) < 4.78 is 3.51. The summed E-state index contributed by atoms with van der Waals surface area (Å²) in [4.78, 5) is 13.4. The summed E-state index contributed by atoms with van der Waals surface area (Å²) in [6.07, 6.45) is 5.65. The number of imidazole rings is 1. The van der Waals surface area contributed by atoms with E-state index in [1.807, 2.05) is 61.1 Å². The molecule has 0 fully saturated rings. The lowest BCUT2D eigenvalue weighted by atomic mass is 10.2. The highest BCUT2D eigenvalue weighted by atomic mass is 16.3. The highest BCUT2D eigenvalue weighted by molar-refractivity contribution is 5.67. The number of rotatable bonds is 4. The fraction of sp³-hybridized carbons (Fsp3) is 0.158. The standard InChI is InChI=1S/C19H18N6O/c1-13-10-15(12-26)25-19(20-13)22-17(23-25)8-9-18-21-16(11-24(18)2)14-6-4-3-5-7-14/h3-11,26H,12H2,1-2H3. The van der Waals surface area contributed by atoms with Crippen molar-refractivity contribution in [2.75, 3.05) is 0 Å². The smallest absolute Gasteiger partial charge is 0.253 e. The molecule has 0 aliphatic heterocycles. The Labute approximate surface area is 150 Å². The van der Waals surface area contributed by atoms with E-state index >= 15 is 0 Å². The molecule has 1 aromatic carbocycles. The first-order valence-electron chi connectivity index (χ1n) is 8.25. The Morgan fingerprint density at radius 3 is 2.65 bits per heavy atom. The zero-order chi connectivity index (χ0) is 18.1. The molecule has 0 unspecified atom stereocenters. The van der Waals surface area contributed by atoms with Gasteiger partial charge in [-0.15, -0.1) is 5.10 Å². The van der Waals surface area contributed by atoms with Gasteiger partial charge in [0, 0.05) is 24.5 Å². The predicted octanol–water partition coefficient (Wildman–Crippen LogP) is 2.50. The van der Waals surface area contributed by atoms with E-state index in [1.54, 1.807) is 16.7 Å². The molecular formula is C19H18N6O. The van der Waals surface area contributed by atoms with Crippen LogP contribution in [0.4, 0.5) is 0 Å². The third kappa shape index (κ3) is 3.00. The number of hydrogen-bond acceptors (Lipinski definition) is 5. The molecule has 7 heteroatoms. The van der Waals surface area contributed by atoms with Gasteiger partial charge in [0.25, 0.3) is 5.78 Å².